The zero-order valence-electron chi connectivity index (χ0n) is 8.04. The number of hydrogen-bond acceptors (Lipinski definition) is 5. The van der Waals surface area contributed by atoms with Crippen LogP contribution in [-0.4, -0.2) is 31.1 Å². The van der Waals surface area contributed by atoms with Gasteiger partial charge in [-0.05, 0) is 38.5 Å². The Hall–Kier alpha value is -1.83. The van der Waals surface area contributed by atoms with Crippen LogP contribution in [0.5, 0.6) is 0 Å². The van der Waals surface area contributed by atoms with E-state index in [0.29, 0.717) is 10.4 Å². The van der Waals surface area contributed by atoms with Crippen molar-refractivity contribution in [1.82, 2.24) is 25.2 Å². The fourth-order valence-corrected chi connectivity index (χ4v) is 1.40. The Bertz CT molecular complexity index is 485. The van der Waals surface area contributed by atoms with Crippen LogP contribution < -0.4 is 5.32 Å². The zero-order chi connectivity index (χ0) is 11.4. The minimum atomic E-state index is -0.238. The van der Waals surface area contributed by atoms with Crippen molar-refractivity contribution in [2.24, 2.45) is 0 Å². The summed E-state index contributed by atoms with van der Waals surface area (Å²) in [7, 11) is 0. The largest absolute Gasteiger partial charge is 0.309 e. The van der Waals surface area contributed by atoms with Crippen LogP contribution in [0.1, 0.15) is 0 Å². The minimum Gasteiger partial charge on any atom is -0.309 e. The molecule has 0 saturated heterocycles. The van der Waals surface area contributed by atoms with E-state index in [2.05, 4.69) is 41.8 Å². The molecule has 0 aliphatic carbocycles. The quantitative estimate of drug-likeness (QED) is 0.827. The summed E-state index contributed by atoms with van der Waals surface area (Å²) in [6, 6.07) is 5.25. The molecule has 0 spiro atoms. The molecule has 7 nitrogen and oxygen atoms in total. The van der Waals surface area contributed by atoms with Crippen LogP contribution in [0.3, 0.4) is 0 Å². The molecule has 0 unspecified atom stereocenters. The molecule has 82 valence electrons. The van der Waals surface area contributed by atoms with Crippen molar-refractivity contribution in [2.45, 2.75) is 6.54 Å². The molecular weight excluding hydrogens is 276 g/mol. The fraction of sp³-hybridized carbons (Fsp3) is 0.125. The lowest BCUT2D eigenvalue weighted by Crippen LogP contribution is -2.19. The van der Waals surface area contributed by atoms with E-state index in [9.17, 15) is 4.79 Å². The third-order valence-electron chi connectivity index (χ3n) is 1.68. The number of halogens is 1. The predicted molar refractivity (Wildman–Crippen MR) is 58.4 cm³/mol. The van der Waals surface area contributed by atoms with Crippen molar-refractivity contribution < 1.29 is 4.79 Å². The second-order valence-corrected chi connectivity index (χ2v) is 3.71. The Labute approximate surface area is 99.0 Å². The van der Waals surface area contributed by atoms with Crippen LogP contribution in [-0.2, 0) is 11.3 Å². The van der Waals surface area contributed by atoms with Crippen LogP contribution in [0.2, 0.25) is 0 Å². The summed E-state index contributed by atoms with van der Waals surface area (Å²) in [6.45, 7) is 0.0567. The molecule has 1 amide bonds. The lowest BCUT2D eigenvalue weighted by Gasteiger charge is -2.03. The summed E-state index contributed by atoms with van der Waals surface area (Å²) in [5, 5.41) is 13.1. The number of carbonyl (C=O) groups excluding carboxylic acids is 1. The van der Waals surface area contributed by atoms with E-state index in [1.54, 1.807) is 18.2 Å². The van der Waals surface area contributed by atoms with E-state index in [1.165, 1.54) is 11.0 Å². The van der Waals surface area contributed by atoms with Gasteiger partial charge in [-0.3, -0.25) is 4.79 Å². The molecular formula is C8H7BrN6O. The van der Waals surface area contributed by atoms with E-state index >= 15 is 0 Å². The molecule has 0 atom stereocenters. The predicted octanol–water partition coefficient (Wildman–Crippen LogP) is 0.469. The van der Waals surface area contributed by atoms with Crippen LogP contribution >= 0.6 is 15.9 Å². The van der Waals surface area contributed by atoms with Gasteiger partial charge in [0.2, 0.25) is 5.91 Å². The standard InChI is InChI=1S/C8H7BrN6O/c9-6-2-1-3-7(11-6)12-8(16)4-15-5-10-13-14-15/h1-3,5H,4H2,(H,11,12,16). The highest BCUT2D eigenvalue weighted by atomic mass is 79.9. The molecule has 0 aliphatic heterocycles. The van der Waals surface area contributed by atoms with Crippen molar-refractivity contribution in [3.63, 3.8) is 0 Å². The Kier molecular flexibility index (Phi) is 3.20. The van der Waals surface area contributed by atoms with Crippen molar-refractivity contribution in [3.05, 3.63) is 29.1 Å². The van der Waals surface area contributed by atoms with Gasteiger partial charge in [-0.1, -0.05) is 6.07 Å². The average Bonchev–Trinajstić information content (AvgIpc) is 2.70. The van der Waals surface area contributed by atoms with Gasteiger partial charge in [0.25, 0.3) is 0 Å². The second-order valence-electron chi connectivity index (χ2n) is 2.90. The van der Waals surface area contributed by atoms with Gasteiger partial charge in [0.15, 0.2) is 0 Å². The number of nitrogens with one attached hydrogen (secondary N) is 1. The Morgan fingerprint density at radius 2 is 2.38 bits per heavy atom. The van der Waals surface area contributed by atoms with Gasteiger partial charge >= 0.3 is 0 Å². The molecule has 2 aromatic heterocycles. The molecule has 0 aliphatic rings. The lowest BCUT2D eigenvalue weighted by molar-refractivity contribution is -0.116. The Morgan fingerprint density at radius 1 is 1.50 bits per heavy atom. The van der Waals surface area contributed by atoms with Gasteiger partial charge < -0.3 is 5.32 Å². The number of pyridine rings is 1. The summed E-state index contributed by atoms with van der Waals surface area (Å²) in [6.07, 6.45) is 1.37. The lowest BCUT2D eigenvalue weighted by atomic mass is 10.4. The van der Waals surface area contributed by atoms with E-state index in [0.717, 1.165) is 0 Å². The first-order valence-corrected chi connectivity index (χ1v) is 5.16. The van der Waals surface area contributed by atoms with Gasteiger partial charge in [-0.15, -0.1) is 5.10 Å². The van der Waals surface area contributed by atoms with Crippen LogP contribution in [0.15, 0.2) is 29.1 Å². The van der Waals surface area contributed by atoms with Crippen molar-refractivity contribution in [3.8, 4) is 0 Å². The molecule has 2 rings (SSSR count). The third kappa shape index (κ3) is 2.83. The van der Waals surface area contributed by atoms with Gasteiger partial charge in [0, 0.05) is 0 Å². The SMILES string of the molecule is O=C(Cn1cnnn1)Nc1cccc(Br)n1. The van der Waals surface area contributed by atoms with Gasteiger partial charge in [-0.25, -0.2) is 9.67 Å². The summed E-state index contributed by atoms with van der Waals surface area (Å²) in [5.74, 6) is 0.241. The second kappa shape index (κ2) is 4.79. The number of anilines is 1. The first-order valence-electron chi connectivity index (χ1n) is 4.37. The minimum absolute atomic E-state index is 0.0567. The maximum absolute atomic E-state index is 11.5. The summed E-state index contributed by atoms with van der Waals surface area (Å²) >= 11 is 3.21. The maximum Gasteiger partial charge on any atom is 0.247 e. The molecule has 2 aromatic rings. The fourth-order valence-electron chi connectivity index (χ4n) is 1.06. The topological polar surface area (TPSA) is 85.6 Å². The highest BCUT2D eigenvalue weighted by Gasteiger charge is 2.05. The molecule has 1 N–H and O–H groups in total. The Balaban J connectivity index is 1.97. The monoisotopic (exact) mass is 282 g/mol. The average molecular weight is 283 g/mol. The summed E-state index contributed by atoms with van der Waals surface area (Å²) < 4.78 is 1.99. The Morgan fingerprint density at radius 3 is 3.06 bits per heavy atom. The number of aromatic nitrogens is 5. The molecule has 2 heterocycles. The van der Waals surface area contributed by atoms with E-state index < -0.39 is 0 Å². The smallest absolute Gasteiger partial charge is 0.247 e. The number of rotatable bonds is 3. The number of amides is 1. The maximum atomic E-state index is 11.5. The van der Waals surface area contributed by atoms with Crippen LogP contribution in [0, 0.1) is 0 Å². The molecule has 0 radical (unpaired) electrons. The molecule has 0 saturated carbocycles. The number of nitrogens with zero attached hydrogens (tertiary/aromatic N) is 5. The van der Waals surface area contributed by atoms with Crippen LogP contribution in [0.25, 0.3) is 0 Å². The first kappa shape index (κ1) is 10.7. The summed E-state index contributed by atoms with van der Waals surface area (Å²) in [5.41, 5.74) is 0. The van der Waals surface area contributed by atoms with Crippen LogP contribution in [0.4, 0.5) is 5.82 Å². The third-order valence-corrected chi connectivity index (χ3v) is 2.12. The number of carbonyl (C=O) groups is 1. The molecule has 0 bridgehead atoms. The van der Waals surface area contributed by atoms with Crippen molar-refractivity contribution >= 4 is 27.7 Å². The van der Waals surface area contributed by atoms with Crippen molar-refractivity contribution in [1.29, 1.82) is 0 Å². The number of hydrogen-bond donors (Lipinski definition) is 1. The molecule has 8 heteroatoms. The summed E-state index contributed by atoms with van der Waals surface area (Å²) in [4.78, 5) is 15.6. The molecule has 0 aromatic carbocycles. The molecule has 0 fully saturated rings. The number of tetrazole rings is 1. The van der Waals surface area contributed by atoms with Gasteiger partial charge in [0.1, 0.15) is 23.3 Å². The normalized spacial score (nSPS) is 10.1. The highest BCUT2D eigenvalue weighted by Crippen LogP contribution is 2.09. The zero-order valence-corrected chi connectivity index (χ0v) is 9.62. The van der Waals surface area contributed by atoms with E-state index in [4.69, 9.17) is 0 Å². The highest BCUT2D eigenvalue weighted by molar-refractivity contribution is 9.10. The molecule has 16 heavy (non-hydrogen) atoms. The van der Waals surface area contributed by atoms with Crippen molar-refractivity contribution in [2.75, 3.05) is 5.32 Å². The van der Waals surface area contributed by atoms with Gasteiger partial charge in [-0.2, -0.15) is 0 Å². The first-order chi connectivity index (χ1) is 7.74. The van der Waals surface area contributed by atoms with Gasteiger partial charge in [0.05, 0.1) is 0 Å². The van der Waals surface area contributed by atoms with E-state index in [1.807, 2.05) is 0 Å². The van der Waals surface area contributed by atoms with E-state index in [-0.39, 0.29) is 12.5 Å².